The van der Waals surface area contributed by atoms with Crippen LogP contribution in [0, 0.1) is 35.0 Å². The van der Waals surface area contributed by atoms with E-state index in [1.165, 1.54) is 44.1 Å². The van der Waals surface area contributed by atoms with Crippen LogP contribution in [0.4, 0.5) is 0 Å². The minimum atomic E-state index is -0.219. The Balaban J connectivity index is 1.43. The van der Waals surface area contributed by atoms with Gasteiger partial charge < -0.3 is 9.84 Å². The van der Waals surface area contributed by atoms with Crippen LogP contribution in [0.25, 0.3) is 0 Å². The Hall–Kier alpha value is -0.350. The lowest BCUT2D eigenvalue weighted by Crippen LogP contribution is -2.55. The number of halogens is 1. The van der Waals surface area contributed by atoms with Gasteiger partial charge in [0.25, 0.3) is 0 Å². The van der Waals surface area contributed by atoms with Gasteiger partial charge in [-0.3, -0.25) is 4.90 Å². The lowest BCUT2D eigenvalue weighted by Gasteiger charge is -2.49. The molecule has 186 valence electrons. The van der Waals surface area contributed by atoms with Crippen LogP contribution in [-0.4, -0.2) is 53.8 Å². The standard InChI is InChI=1S/C29H46ClNO2/c1-18-13-27-28(31(16-18)12-11-30)19(2)5-7-23-24-8-6-21-14-22(32)9-10-29(21,4)26(24)15-25(23)20(3)17-33-27/h14,18-19,22-24,26-28,32H,5-13,15-17H2,1-4H3/b25-20-/t18-,19-,22?,23-,24?,26-,27+,28?,29-/m0/s1. The molecule has 0 aromatic rings. The highest BCUT2D eigenvalue weighted by Crippen LogP contribution is 2.62. The van der Waals surface area contributed by atoms with Crippen molar-refractivity contribution in [2.45, 2.75) is 97.3 Å². The van der Waals surface area contributed by atoms with E-state index in [9.17, 15) is 5.11 Å². The number of ether oxygens (including phenoxy) is 1. The quantitative estimate of drug-likeness (QED) is 0.381. The number of nitrogens with zero attached hydrogens (tertiary/aromatic N) is 1. The van der Waals surface area contributed by atoms with Crippen LogP contribution in [-0.2, 0) is 4.74 Å². The maximum atomic E-state index is 10.3. The molecule has 2 aliphatic heterocycles. The first-order valence-corrected chi connectivity index (χ1v) is 14.3. The van der Waals surface area contributed by atoms with Gasteiger partial charge in [-0.1, -0.05) is 38.0 Å². The summed E-state index contributed by atoms with van der Waals surface area (Å²) in [7, 11) is 0. The van der Waals surface area contributed by atoms with Gasteiger partial charge in [0, 0.05) is 25.0 Å². The fourth-order valence-corrected chi connectivity index (χ4v) is 9.05. The van der Waals surface area contributed by atoms with Crippen molar-refractivity contribution in [3.63, 3.8) is 0 Å². The van der Waals surface area contributed by atoms with Crippen molar-refractivity contribution in [2.24, 2.45) is 35.0 Å². The first kappa shape index (κ1) is 24.3. The molecular formula is C29H46ClNO2. The summed E-state index contributed by atoms with van der Waals surface area (Å²) in [6.07, 6.45) is 12.0. The van der Waals surface area contributed by atoms with E-state index in [2.05, 4.69) is 38.7 Å². The number of fused-ring (bicyclic) bond motifs is 6. The summed E-state index contributed by atoms with van der Waals surface area (Å²) in [5.41, 5.74) is 5.11. The lowest BCUT2D eigenvalue weighted by atomic mass is 9.56. The third-order valence-corrected chi connectivity index (χ3v) is 10.7. The predicted molar refractivity (Wildman–Crippen MR) is 136 cm³/mol. The van der Waals surface area contributed by atoms with E-state index in [1.54, 1.807) is 11.1 Å². The van der Waals surface area contributed by atoms with Gasteiger partial charge >= 0.3 is 0 Å². The van der Waals surface area contributed by atoms with Crippen molar-refractivity contribution in [3.05, 3.63) is 22.8 Å². The van der Waals surface area contributed by atoms with E-state index in [0.717, 1.165) is 50.3 Å². The number of rotatable bonds is 2. The molecule has 0 radical (unpaired) electrons. The number of aliphatic hydroxyl groups excluding tert-OH is 1. The second kappa shape index (κ2) is 9.60. The monoisotopic (exact) mass is 475 g/mol. The van der Waals surface area contributed by atoms with Gasteiger partial charge in [0.1, 0.15) is 0 Å². The molecule has 5 aliphatic rings. The van der Waals surface area contributed by atoms with E-state index >= 15 is 0 Å². The molecule has 3 nitrogen and oxygen atoms in total. The van der Waals surface area contributed by atoms with Crippen LogP contribution in [0.2, 0.25) is 0 Å². The second-order valence-electron chi connectivity index (χ2n) is 12.6. The molecule has 9 atom stereocenters. The van der Waals surface area contributed by atoms with Crippen LogP contribution in [0.15, 0.2) is 22.8 Å². The van der Waals surface area contributed by atoms with Crippen molar-refractivity contribution < 1.29 is 9.84 Å². The molecule has 1 N–H and O–H groups in total. The van der Waals surface area contributed by atoms with Gasteiger partial charge in [-0.05, 0) is 98.9 Å². The molecule has 33 heavy (non-hydrogen) atoms. The molecule has 3 aliphatic carbocycles. The highest BCUT2D eigenvalue weighted by atomic mass is 35.5. The van der Waals surface area contributed by atoms with E-state index in [0.29, 0.717) is 29.9 Å². The number of hydrogen-bond donors (Lipinski definition) is 1. The van der Waals surface area contributed by atoms with Gasteiger partial charge in [0.15, 0.2) is 0 Å². The highest BCUT2D eigenvalue weighted by molar-refractivity contribution is 6.18. The van der Waals surface area contributed by atoms with Gasteiger partial charge in [0.05, 0.1) is 18.8 Å². The maximum Gasteiger partial charge on any atom is 0.0740 e. The second-order valence-corrected chi connectivity index (χ2v) is 12.9. The first-order valence-electron chi connectivity index (χ1n) is 13.8. The molecule has 3 fully saturated rings. The van der Waals surface area contributed by atoms with Crippen LogP contribution in [0.5, 0.6) is 0 Å². The Kier molecular flexibility index (Phi) is 7.08. The fourth-order valence-electron chi connectivity index (χ4n) is 8.83. The number of hydrogen-bond acceptors (Lipinski definition) is 3. The Morgan fingerprint density at radius 1 is 1.21 bits per heavy atom. The number of aliphatic hydroxyl groups is 1. The van der Waals surface area contributed by atoms with Crippen LogP contribution < -0.4 is 0 Å². The average Bonchev–Trinajstić information content (AvgIpc) is 3.16. The lowest BCUT2D eigenvalue weighted by molar-refractivity contribution is -0.0703. The van der Waals surface area contributed by atoms with Gasteiger partial charge in [0.2, 0.25) is 0 Å². The van der Waals surface area contributed by atoms with Crippen LogP contribution >= 0.6 is 11.6 Å². The smallest absolute Gasteiger partial charge is 0.0740 e. The molecule has 0 bridgehead atoms. The number of allylic oxidation sites excluding steroid dienone is 2. The average molecular weight is 476 g/mol. The molecule has 2 heterocycles. The summed E-state index contributed by atoms with van der Waals surface area (Å²) in [5.74, 6) is 4.30. The fraction of sp³-hybridized carbons (Fsp3) is 0.862. The van der Waals surface area contributed by atoms with Gasteiger partial charge in [-0.2, -0.15) is 0 Å². The summed E-state index contributed by atoms with van der Waals surface area (Å²) in [5, 5.41) is 10.3. The summed E-state index contributed by atoms with van der Waals surface area (Å²) < 4.78 is 6.77. The van der Waals surface area contributed by atoms with Crippen molar-refractivity contribution in [1.82, 2.24) is 4.90 Å². The van der Waals surface area contributed by atoms with Crippen molar-refractivity contribution in [3.8, 4) is 0 Å². The molecule has 2 saturated carbocycles. The summed E-state index contributed by atoms with van der Waals surface area (Å²) >= 11 is 6.23. The third kappa shape index (κ3) is 4.39. The van der Waals surface area contributed by atoms with Crippen molar-refractivity contribution in [1.29, 1.82) is 0 Å². The topological polar surface area (TPSA) is 32.7 Å². The molecule has 3 unspecified atom stereocenters. The molecule has 0 amide bonds. The van der Waals surface area contributed by atoms with E-state index in [1.807, 2.05) is 0 Å². The zero-order valence-corrected chi connectivity index (χ0v) is 22.1. The van der Waals surface area contributed by atoms with Crippen molar-refractivity contribution >= 4 is 11.6 Å². The van der Waals surface area contributed by atoms with Gasteiger partial charge in [-0.15, -0.1) is 11.6 Å². The Bertz CT molecular complexity index is 792. The Morgan fingerprint density at radius 3 is 2.82 bits per heavy atom. The minimum absolute atomic E-state index is 0.219. The van der Waals surface area contributed by atoms with Gasteiger partial charge in [-0.25, -0.2) is 0 Å². The summed E-state index contributed by atoms with van der Waals surface area (Å²) in [4.78, 5) is 2.65. The number of alkyl halides is 1. The molecule has 0 spiro atoms. The summed E-state index contributed by atoms with van der Waals surface area (Å²) in [6.45, 7) is 12.7. The number of piperidine rings is 1. The summed E-state index contributed by atoms with van der Waals surface area (Å²) in [6, 6.07) is 0.504. The molecule has 0 aromatic carbocycles. The molecular weight excluding hydrogens is 430 g/mol. The first-order chi connectivity index (χ1) is 15.8. The van der Waals surface area contributed by atoms with Crippen LogP contribution in [0.1, 0.15) is 79.1 Å². The molecule has 4 heteroatoms. The van der Waals surface area contributed by atoms with E-state index < -0.39 is 0 Å². The number of likely N-dealkylation sites (tertiary alicyclic amines) is 1. The normalized spacial score (nSPS) is 48.8. The zero-order valence-electron chi connectivity index (χ0n) is 21.4. The molecule has 5 rings (SSSR count). The Labute approximate surface area is 207 Å². The minimum Gasteiger partial charge on any atom is -0.389 e. The van der Waals surface area contributed by atoms with Crippen LogP contribution in [0.3, 0.4) is 0 Å². The third-order valence-electron chi connectivity index (χ3n) is 10.5. The van der Waals surface area contributed by atoms with E-state index in [4.69, 9.17) is 16.3 Å². The Morgan fingerprint density at radius 2 is 2.03 bits per heavy atom. The SMILES string of the molecule is C/C1=C2\C[C@H]3C(CCC4=CC(O)CC[C@@]43C)[C@@H]2CC[C@H](C)C2[C@@H](C[C@H](C)CN2CCCl)OC1. The molecule has 0 aromatic heterocycles. The molecule has 1 saturated heterocycles. The zero-order chi connectivity index (χ0) is 23.3. The highest BCUT2D eigenvalue weighted by Gasteiger charge is 2.53. The van der Waals surface area contributed by atoms with E-state index in [-0.39, 0.29) is 11.5 Å². The maximum absolute atomic E-state index is 10.3. The predicted octanol–water partition coefficient (Wildman–Crippen LogP) is 6.20. The van der Waals surface area contributed by atoms with Crippen molar-refractivity contribution in [2.75, 3.05) is 25.6 Å². The largest absolute Gasteiger partial charge is 0.389 e.